The van der Waals surface area contributed by atoms with Crippen LogP contribution in [-0.2, 0) is 9.59 Å². The molecule has 2 amide bonds. The van der Waals surface area contributed by atoms with Crippen LogP contribution in [0.25, 0.3) is 0 Å². The molecule has 106 valence electrons. The molecule has 1 saturated carbocycles. The van der Waals surface area contributed by atoms with Crippen molar-refractivity contribution in [2.75, 3.05) is 6.54 Å². The predicted molar refractivity (Wildman–Crippen MR) is 73.6 cm³/mol. The summed E-state index contributed by atoms with van der Waals surface area (Å²) in [5.74, 6) is -0.207. The van der Waals surface area contributed by atoms with E-state index in [1.165, 1.54) is 4.90 Å². The van der Waals surface area contributed by atoms with E-state index in [1.54, 1.807) is 12.1 Å². The Bertz CT molecular complexity index is 520. The summed E-state index contributed by atoms with van der Waals surface area (Å²) in [6.45, 7) is 0.0728. The molecular weight excluding hydrogens is 254 g/mol. The van der Waals surface area contributed by atoms with Gasteiger partial charge in [0.15, 0.2) is 0 Å². The summed E-state index contributed by atoms with van der Waals surface area (Å²) in [4.78, 5) is 25.9. The van der Waals surface area contributed by atoms with Gasteiger partial charge < -0.3 is 5.11 Å². The Labute approximate surface area is 118 Å². The molecule has 0 aromatic heterocycles. The molecule has 1 unspecified atom stereocenters. The van der Waals surface area contributed by atoms with Crippen molar-refractivity contribution >= 4 is 11.8 Å². The van der Waals surface area contributed by atoms with Crippen molar-refractivity contribution in [3.05, 3.63) is 35.9 Å². The number of aliphatic hydroxyl groups excluding tert-OH is 1. The quantitative estimate of drug-likeness (QED) is 0.857. The van der Waals surface area contributed by atoms with Crippen LogP contribution in [0.1, 0.15) is 43.8 Å². The predicted octanol–water partition coefficient (Wildman–Crippen LogP) is 2.04. The van der Waals surface area contributed by atoms with Gasteiger partial charge in [0, 0.05) is 6.42 Å². The van der Waals surface area contributed by atoms with Crippen molar-refractivity contribution in [1.82, 2.24) is 4.90 Å². The lowest BCUT2D eigenvalue weighted by Gasteiger charge is -2.23. The smallest absolute Gasteiger partial charge is 0.236 e. The van der Waals surface area contributed by atoms with Gasteiger partial charge in [-0.3, -0.25) is 14.5 Å². The third kappa shape index (κ3) is 2.14. The molecule has 1 heterocycles. The number of carbonyl (C=O) groups excluding carboxylic acids is 2. The lowest BCUT2D eigenvalue weighted by Crippen LogP contribution is -2.37. The van der Waals surface area contributed by atoms with Gasteiger partial charge in [-0.25, -0.2) is 0 Å². The second kappa shape index (κ2) is 5.02. The molecule has 4 nitrogen and oxygen atoms in total. The Hall–Kier alpha value is -1.68. The van der Waals surface area contributed by atoms with E-state index in [4.69, 9.17) is 0 Å². The van der Waals surface area contributed by atoms with Crippen LogP contribution in [0.5, 0.6) is 0 Å². The number of benzene rings is 1. The topological polar surface area (TPSA) is 57.6 Å². The third-order valence-electron chi connectivity index (χ3n) is 4.59. The number of hydrogen-bond acceptors (Lipinski definition) is 3. The number of imide groups is 1. The highest BCUT2D eigenvalue weighted by molar-refractivity contribution is 6.06. The molecule has 2 fully saturated rings. The molecule has 1 spiro atoms. The summed E-state index contributed by atoms with van der Waals surface area (Å²) >= 11 is 0. The molecule has 1 aliphatic heterocycles. The highest BCUT2D eigenvalue weighted by Crippen LogP contribution is 2.47. The molecule has 1 atom stereocenters. The summed E-state index contributed by atoms with van der Waals surface area (Å²) in [5.41, 5.74) is 0.286. The van der Waals surface area contributed by atoms with Gasteiger partial charge in [-0.1, -0.05) is 43.2 Å². The van der Waals surface area contributed by atoms with Crippen LogP contribution in [0.4, 0.5) is 0 Å². The van der Waals surface area contributed by atoms with Gasteiger partial charge >= 0.3 is 0 Å². The first kappa shape index (κ1) is 13.3. The number of likely N-dealkylation sites (tertiary alicyclic amines) is 1. The fraction of sp³-hybridized carbons (Fsp3) is 0.500. The Balaban J connectivity index is 1.74. The van der Waals surface area contributed by atoms with Crippen LogP contribution in [0.15, 0.2) is 30.3 Å². The Morgan fingerprint density at radius 2 is 1.80 bits per heavy atom. The van der Waals surface area contributed by atoms with Crippen molar-refractivity contribution in [3.63, 3.8) is 0 Å². The fourth-order valence-corrected chi connectivity index (χ4v) is 3.44. The second-order valence-corrected chi connectivity index (χ2v) is 5.90. The number of amides is 2. The molecule has 1 saturated heterocycles. The molecule has 20 heavy (non-hydrogen) atoms. The Morgan fingerprint density at radius 1 is 1.15 bits per heavy atom. The molecule has 4 heteroatoms. The summed E-state index contributed by atoms with van der Waals surface area (Å²) in [7, 11) is 0. The van der Waals surface area contributed by atoms with Crippen LogP contribution in [0.3, 0.4) is 0 Å². The van der Waals surface area contributed by atoms with Crippen molar-refractivity contribution < 1.29 is 14.7 Å². The normalized spacial score (nSPS) is 22.8. The van der Waals surface area contributed by atoms with Gasteiger partial charge in [-0.05, 0) is 18.4 Å². The van der Waals surface area contributed by atoms with Crippen molar-refractivity contribution in [1.29, 1.82) is 0 Å². The van der Waals surface area contributed by atoms with Gasteiger partial charge in [0.1, 0.15) is 0 Å². The first-order chi connectivity index (χ1) is 9.62. The van der Waals surface area contributed by atoms with Crippen molar-refractivity contribution in [2.45, 2.75) is 38.2 Å². The zero-order chi connectivity index (χ0) is 14.2. The summed E-state index contributed by atoms with van der Waals surface area (Å²) < 4.78 is 0. The number of rotatable bonds is 3. The van der Waals surface area contributed by atoms with Gasteiger partial charge in [-0.15, -0.1) is 0 Å². The first-order valence-electron chi connectivity index (χ1n) is 7.20. The minimum absolute atomic E-state index is 0.0728. The minimum Gasteiger partial charge on any atom is -0.387 e. The molecule has 0 bridgehead atoms. The summed E-state index contributed by atoms with van der Waals surface area (Å²) in [6.07, 6.45) is 3.20. The second-order valence-electron chi connectivity index (χ2n) is 5.90. The third-order valence-corrected chi connectivity index (χ3v) is 4.59. The summed E-state index contributed by atoms with van der Waals surface area (Å²) in [5, 5.41) is 10.2. The van der Waals surface area contributed by atoms with E-state index in [9.17, 15) is 14.7 Å². The van der Waals surface area contributed by atoms with Crippen LogP contribution >= 0.6 is 0 Å². The maximum absolute atomic E-state index is 12.5. The fourth-order valence-electron chi connectivity index (χ4n) is 3.44. The van der Waals surface area contributed by atoms with Gasteiger partial charge in [-0.2, -0.15) is 0 Å². The standard InChI is InChI=1S/C16H19NO3/c18-13(12-6-2-1-3-7-12)11-17-14(19)10-16(15(17)20)8-4-5-9-16/h1-3,6-7,13,18H,4-5,8-11H2. The average Bonchev–Trinajstić information content (AvgIpc) is 3.01. The van der Waals surface area contributed by atoms with Crippen LogP contribution in [0, 0.1) is 5.41 Å². The lowest BCUT2D eigenvalue weighted by atomic mass is 9.84. The highest BCUT2D eigenvalue weighted by atomic mass is 16.3. The number of carbonyl (C=O) groups is 2. The van der Waals surface area contributed by atoms with Crippen LogP contribution in [0.2, 0.25) is 0 Å². The molecule has 1 aliphatic carbocycles. The van der Waals surface area contributed by atoms with Crippen LogP contribution < -0.4 is 0 Å². The van der Waals surface area contributed by atoms with E-state index in [0.717, 1.165) is 31.2 Å². The van der Waals surface area contributed by atoms with E-state index in [1.807, 2.05) is 18.2 Å². The summed E-state index contributed by atoms with van der Waals surface area (Å²) in [6, 6.07) is 9.16. The van der Waals surface area contributed by atoms with E-state index >= 15 is 0 Å². The molecule has 1 N–H and O–H groups in total. The number of β-amino-alcohol motifs (C(OH)–C–C–N with tert-alkyl or cyclic N) is 1. The maximum atomic E-state index is 12.5. The molecular formula is C16H19NO3. The van der Waals surface area contributed by atoms with Gasteiger partial charge in [0.05, 0.1) is 18.1 Å². The van der Waals surface area contributed by atoms with Crippen molar-refractivity contribution in [3.8, 4) is 0 Å². The highest BCUT2D eigenvalue weighted by Gasteiger charge is 2.52. The van der Waals surface area contributed by atoms with Crippen molar-refractivity contribution in [2.24, 2.45) is 5.41 Å². The number of aliphatic hydroxyl groups is 1. The molecule has 3 rings (SSSR count). The molecule has 1 aromatic rings. The zero-order valence-electron chi connectivity index (χ0n) is 11.4. The largest absolute Gasteiger partial charge is 0.387 e. The van der Waals surface area contributed by atoms with E-state index in [-0.39, 0.29) is 18.4 Å². The monoisotopic (exact) mass is 273 g/mol. The molecule has 2 aliphatic rings. The SMILES string of the molecule is O=C1CC2(CCCC2)C(=O)N1CC(O)c1ccccc1. The van der Waals surface area contributed by atoms with E-state index in [2.05, 4.69) is 0 Å². The molecule has 0 radical (unpaired) electrons. The maximum Gasteiger partial charge on any atom is 0.236 e. The lowest BCUT2D eigenvalue weighted by molar-refractivity contribution is -0.143. The minimum atomic E-state index is -0.805. The molecule has 1 aromatic carbocycles. The Kier molecular flexibility index (Phi) is 3.34. The number of hydrogen-bond donors (Lipinski definition) is 1. The zero-order valence-corrected chi connectivity index (χ0v) is 11.4. The number of nitrogens with zero attached hydrogens (tertiary/aromatic N) is 1. The van der Waals surface area contributed by atoms with Gasteiger partial charge in [0.25, 0.3) is 0 Å². The first-order valence-corrected chi connectivity index (χ1v) is 7.20. The Morgan fingerprint density at radius 3 is 2.45 bits per heavy atom. The van der Waals surface area contributed by atoms with Gasteiger partial charge in [0.2, 0.25) is 11.8 Å². The van der Waals surface area contributed by atoms with E-state index < -0.39 is 11.5 Å². The average molecular weight is 273 g/mol. The van der Waals surface area contributed by atoms with E-state index in [0.29, 0.717) is 6.42 Å². The van der Waals surface area contributed by atoms with Crippen LogP contribution in [-0.4, -0.2) is 28.4 Å².